The van der Waals surface area contributed by atoms with Gasteiger partial charge in [0.25, 0.3) is 5.56 Å². The molecule has 2 aromatic rings. The summed E-state index contributed by atoms with van der Waals surface area (Å²) in [5.74, 6) is 1.14. The lowest BCUT2D eigenvalue weighted by Gasteiger charge is -2.36. The van der Waals surface area contributed by atoms with Gasteiger partial charge in [0, 0.05) is 33.2 Å². The molecule has 2 heterocycles. The normalized spacial score (nSPS) is 20.8. The maximum atomic E-state index is 12.4. The quantitative estimate of drug-likeness (QED) is 0.882. The Balaban J connectivity index is 1.80. The van der Waals surface area contributed by atoms with E-state index in [1.54, 1.807) is 7.05 Å². The van der Waals surface area contributed by atoms with Gasteiger partial charge in [-0.25, -0.2) is 9.48 Å². The van der Waals surface area contributed by atoms with Crippen LogP contribution in [0.15, 0.2) is 33.9 Å². The number of likely N-dealkylation sites (tertiary alicyclic amines) is 1. The first-order valence-corrected chi connectivity index (χ1v) is 9.45. The lowest BCUT2D eigenvalue weighted by Crippen LogP contribution is -2.46. The SMILES string of the molecule is CC(C)c1ccc(C2CC(Nc3nn(C)c(=O)n(C)c3=O)CN(C)C2)cc1. The van der Waals surface area contributed by atoms with Crippen LogP contribution in [0.25, 0.3) is 0 Å². The molecule has 3 rings (SSSR count). The number of benzene rings is 1. The number of anilines is 1. The van der Waals surface area contributed by atoms with Crippen molar-refractivity contribution in [3.05, 3.63) is 56.2 Å². The third-order valence-corrected chi connectivity index (χ3v) is 5.37. The number of nitrogens with zero attached hydrogens (tertiary/aromatic N) is 4. The zero-order chi connectivity index (χ0) is 19.7. The highest BCUT2D eigenvalue weighted by Gasteiger charge is 2.27. The molecule has 7 heteroatoms. The van der Waals surface area contributed by atoms with E-state index in [2.05, 4.69) is 60.5 Å². The van der Waals surface area contributed by atoms with Gasteiger partial charge in [-0.05, 0) is 36.4 Å². The fourth-order valence-corrected chi connectivity index (χ4v) is 3.80. The first kappa shape index (κ1) is 19.4. The van der Waals surface area contributed by atoms with Crippen LogP contribution in [0.5, 0.6) is 0 Å². The van der Waals surface area contributed by atoms with Crippen molar-refractivity contribution in [1.82, 2.24) is 19.2 Å². The van der Waals surface area contributed by atoms with Gasteiger partial charge in [0.05, 0.1) is 0 Å². The largest absolute Gasteiger partial charge is 0.360 e. The topological polar surface area (TPSA) is 72.2 Å². The van der Waals surface area contributed by atoms with E-state index in [0.717, 1.165) is 24.1 Å². The van der Waals surface area contributed by atoms with Crippen molar-refractivity contribution in [1.29, 1.82) is 0 Å². The smallest absolute Gasteiger partial charge is 0.346 e. The second-order valence-corrected chi connectivity index (χ2v) is 7.94. The Kier molecular flexibility index (Phi) is 5.51. The third-order valence-electron chi connectivity index (χ3n) is 5.37. The minimum Gasteiger partial charge on any atom is -0.360 e. The molecule has 1 aliphatic heterocycles. The molecule has 0 amide bonds. The van der Waals surface area contributed by atoms with Gasteiger partial charge in [-0.1, -0.05) is 38.1 Å². The van der Waals surface area contributed by atoms with E-state index in [1.807, 2.05) is 0 Å². The highest BCUT2D eigenvalue weighted by Crippen LogP contribution is 2.28. The maximum Gasteiger partial charge on any atom is 0.346 e. The van der Waals surface area contributed by atoms with Gasteiger partial charge in [0.1, 0.15) is 0 Å². The lowest BCUT2D eigenvalue weighted by molar-refractivity contribution is 0.235. The zero-order valence-electron chi connectivity index (χ0n) is 16.8. The molecule has 1 aromatic carbocycles. The van der Waals surface area contributed by atoms with E-state index in [-0.39, 0.29) is 17.4 Å². The number of nitrogens with one attached hydrogen (secondary N) is 1. The Morgan fingerprint density at radius 3 is 2.37 bits per heavy atom. The van der Waals surface area contributed by atoms with Gasteiger partial charge in [0.2, 0.25) is 5.82 Å². The number of rotatable bonds is 4. The minimum absolute atomic E-state index is 0.0937. The summed E-state index contributed by atoms with van der Waals surface area (Å²) in [6.45, 7) is 6.21. The van der Waals surface area contributed by atoms with Gasteiger partial charge in [-0.15, -0.1) is 5.10 Å². The van der Waals surface area contributed by atoms with Gasteiger partial charge in [-0.2, -0.15) is 0 Å². The van der Waals surface area contributed by atoms with Gasteiger partial charge in [-0.3, -0.25) is 9.36 Å². The van der Waals surface area contributed by atoms with E-state index in [1.165, 1.54) is 22.9 Å². The van der Waals surface area contributed by atoms with Crippen LogP contribution in [0.2, 0.25) is 0 Å². The molecule has 0 spiro atoms. The fourth-order valence-electron chi connectivity index (χ4n) is 3.80. The first-order chi connectivity index (χ1) is 12.8. The number of piperidine rings is 1. The molecule has 2 atom stereocenters. The Bertz CT molecular complexity index is 913. The standard InChI is InChI=1S/C20H29N5O2/c1-13(2)14-6-8-15(9-7-14)16-10-17(12-23(3)11-16)21-18-19(26)24(4)20(27)25(5)22-18/h6-9,13,16-17H,10-12H2,1-5H3,(H,21,22). The predicted octanol–water partition coefficient (Wildman–Crippen LogP) is 1.50. The maximum absolute atomic E-state index is 12.4. The summed E-state index contributed by atoms with van der Waals surface area (Å²) < 4.78 is 2.28. The average Bonchev–Trinajstić information content (AvgIpc) is 2.64. The zero-order valence-corrected chi connectivity index (χ0v) is 16.8. The molecule has 2 unspecified atom stereocenters. The number of hydrogen-bond acceptors (Lipinski definition) is 5. The molecule has 0 aliphatic carbocycles. The summed E-state index contributed by atoms with van der Waals surface area (Å²) in [6, 6.07) is 8.96. The predicted molar refractivity (Wildman–Crippen MR) is 108 cm³/mol. The highest BCUT2D eigenvalue weighted by atomic mass is 16.2. The summed E-state index contributed by atoms with van der Waals surface area (Å²) in [5.41, 5.74) is 1.85. The van der Waals surface area contributed by atoms with Crippen molar-refractivity contribution >= 4 is 5.82 Å². The van der Waals surface area contributed by atoms with Crippen LogP contribution in [0.4, 0.5) is 5.82 Å². The molecule has 27 heavy (non-hydrogen) atoms. The molecule has 0 bridgehead atoms. The molecule has 1 N–H and O–H groups in total. The third kappa shape index (κ3) is 4.13. The van der Waals surface area contributed by atoms with Gasteiger partial charge >= 0.3 is 5.69 Å². The molecular weight excluding hydrogens is 342 g/mol. The Hall–Kier alpha value is -2.41. The van der Waals surface area contributed by atoms with Crippen LogP contribution < -0.4 is 16.6 Å². The van der Waals surface area contributed by atoms with E-state index in [9.17, 15) is 9.59 Å². The van der Waals surface area contributed by atoms with Crippen LogP contribution in [-0.2, 0) is 14.1 Å². The van der Waals surface area contributed by atoms with E-state index < -0.39 is 5.69 Å². The highest BCUT2D eigenvalue weighted by molar-refractivity contribution is 5.33. The number of aryl methyl sites for hydroxylation is 1. The van der Waals surface area contributed by atoms with E-state index >= 15 is 0 Å². The molecule has 1 saturated heterocycles. The van der Waals surface area contributed by atoms with Crippen LogP contribution in [0, 0.1) is 0 Å². The van der Waals surface area contributed by atoms with Crippen molar-refractivity contribution in [2.75, 3.05) is 25.5 Å². The summed E-state index contributed by atoms with van der Waals surface area (Å²) in [7, 11) is 5.12. The van der Waals surface area contributed by atoms with Crippen LogP contribution in [0.3, 0.4) is 0 Å². The Labute approximate surface area is 159 Å². The van der Waals surface area contributed by atoms with Crippen molar-refractivity contribution < 1.29 is 0 Å². The molecule has 1 aliphatic rings. The van der Waals surface area contributed by atoms with Crippen molar-refractivity contribution in [3.8, 4) is 0 Å². The second-order valence-electron chi connectivity index (χ2n) is 7.94. The summed E-state index contributed by atoms with van der Waals surface area (Å²) in [5, 5.41) is 7.39. The Morgan fingerprint density at radius 1 is 1.07 bits per heavy atom. The second kappa shape index (κ2) is 7.68. The molecule has 1 fully saturated rings. The molecule has 1 aromatic heterocycles. The van der Waals surface area contributed by atoms with Crippen LogP contribution >= 0.6 is 0 Å². The first-order valence-electron chi connectivity index (χ1n) is 9.45. The lowest BCUT2D eigenvalue weighted by atomic mass is 9.87. The summed E-state index contributed by atoms with van der Waals surface area (Å²) >= 11 is 0. The molecule has 7 nitrogen and oxygen atoms in total. The molecule has 0 radical (unpaired) electrons. The van der Waals surface area contributed by atoms with Crippen LogP contribution in [0.1, 0.15) is 43.2 Å². The summed E-state index contributed by atoms with van der Waals surface area (Å²) in [4.78, 5) is 26.5. The minimum atomic E-state index is -0.422. The number of aromatic nitrogens is 3. The number of likely N-dealkylation sites (N-methyl/N-ethyl adjacent to an activating group) is 1. The molecule has 146 valence electrons. The number of hydrogen-bond donors (Lipinski definition) is 1. The molecule has 0 saturated carbocycles. The van der Waals surface area contributed by atoms with Crippen molar-refractivity contribution in [2.24, 2.45) is 14.1 Å². The molecular formula is C20H29N5O2. The van der Waals surface area contributed by atoms with Crippen molar-refractivity contribution in [2.45, 2.75) is 38.1 Å². The van der Waals surface area contributed by atoms with Gasteiger partial charge < -0.3 is 10.2 Å². The fraction of sp³-hybridized carbons (Fsp3) is 0.550. The van der Waals surface area contributed by atoms with E-state index in [0.29, 0.717) is 11.8 Å². The average molecular weight is 371 g/mol. The van der Waals surface area contributed by atoms with Gasteiger partial charge in [0.15, 0.2) is 0 Å². The van der Waals surface area contributed by atoms with E-state index in [4.69, 9.17) is 0 Å². The van der Waals surface area contributed by atoms with Crippen molar-refractivity contribution in [3.63, 3.8) is 0 Å². The Morgan fingerprint density at radius 2 is 1.74 bits per heavy atom. The summed E-state index contributed by atoms with van der Waals surface area (Å²) in [6.07, 6.45) is 0.916. The monoisotopic (exact) mass is 371 g/mol. The van der Waals surface area contributed by atoms with Crippen LogP contribution in [-0.4, -0.2) is 45.4 Å².